The molecule has 0 radical (unpaired) electrons. The van der Waals surface area contributed by atoms with E-state index in [0.29, 0.717) is 18.2 Å². The van der Waals surface area contributed by atoms with Crippen molar-refractivity contribution in [2.75, 3.05) is 19.5 Å². The largest absolute Gasteiger partial charge is 0.497 e. The molecule has 0 aliphatic rings. The number of halogens is 1. The van der Waals surface area contributed by atoms with Crippen LogP contribution in [-0.2, 0) is 27.2 Å². The van der Waals surface area contributed by atoms with Crippen molar-refractivity contribution in [3.8, 4) is 56.5 Å². The Morgan fingerprint density at radius 2 is 1.08 bits per heavy atom. The SMILES string of the molecule is C.COc1ccn2c(-c3cc(Cl)ncn3)cnc2c1.COc1ccn2c(-c3cc(NCc4ccc(-c5cnn(C)c5)cc4)ncn3)cnc2c1.Cn1cc(-c2ccc(CN)cc2)cn1. The van der Waals surface area contributed by atoms with Gasteiger partial charge in [0.05, 0.1) is 61.8 Å². The number of methoxy groups -OCH3 is 2. The molecular formula is C47H47ClN14O2. The lowest BCUT2D eigenvalue weighted by atomic mass is 10.1. The third kappa shape index (κ3) is 10.4. The lowest BCUT2D eigenvalue weighted by Crippen LogP contribution is -2.02. The molecule has 16 nitrogen and oxygen atoms in total. The second-order valence-electron chi connectivity index (χ2n) is 14.1. The quantitative estimate of drug-likeness (QED) is 0.126. The van der Waals surface area contributed by atoms with Crippen molar-refractivity contribution < 1.29 is 9.47 Å². The van der Waals surface area contributed by atoms with Gasteiger partial charge in [0.1, 0.15) is 46.4 Å². The summed E-state index contributed by atoms with van der Waals surface area (Å²) in [4.78, 5) is 25.6. The number of anilines is 1. The van der Waals surface area contributed by atoms with Crippen LogP contribution in [0.5, 0.6) is 11.5 Å². The lowest BCUT2D eigenvalue weighted by Gasteiger charge is -2.08. The van der Waals surface area contributed by atoms with Crippen LogP contribution in [0.3, 0.4) is 0 Å². The van der Waals surface area contributed by atoms with Crippen LogP contribution < -0.4 is 20.5 Å². The van der Waals surface area contributed by atoms with Gasteiger partial charge in [0.25, 0.3) is 0 Å². The van der Waals surface area contributed by atoms with Gasteiger partial charge in [-0.05, 0) is 34.4 Å². The fraction of sp³-hybridized carbons (Fsp3) is 0.149. The Labute approximate surface area is 375 Å². The van der Waals surface area contributed by atoms with Gasteiger partial charge < -0.3 is 20.5 Å². The lowest BCUT2D eigenvalue weighted by molar-refractivity contribution is 0.414. The van der Waals surface area contributed by atoms with Crippen molar-refractivity contribution in [2.24, 2.45) is 19.8 Å². The fourth-order valence-electron chi connectivity index (χ4n) is 6.61. The molecule has 0 aliphatic carbocycles. The van der Waals surface area contributed by atoms with Crippen molar-refractivity contribution >= 4 is 28.7 Å². The summed E-state index contributed by atoms with van der Waals surface area (Å²) in [5.41, 5.74) is 17.3. The van der Waals surface area contributed by atoms with E-state index in [1.807, 2.05) is 103 Å². The minimum absolute atomic E-state index is 0. The van der Waals surface area contributed by atoms with Gasteiger partial charge in [-0.1, -0.05) is 67.6 Å². The number of benzene rings is 2. The summed E-state index contributed by atoms with van der Waals surface area (Å²) in [5, 5.41) is 12.1. The number of hydrogen-bond acceptors (Lipinski definition) is 12. The molecule has 324 valence electrons. The van der Waals surface area contributed by atoms with E-state index >= 15 is 0 Å². The summed E-state index contributed by atoms with van der Waals surface area (Å²) >= 11 is 5.86. The smallest absolute Gasteiger partial charge is 0.140 e. The van der Waals surface area contributed by atoms with Crippen LogP contribution in [0.15, 0.2) is 147 Å². The molecule has 0 fully saturated rings. The van der Waals surface area contributed by atoms with Crippen LogP contribution in [0.1, 0.15) is 18.6 Å². The van der Waals surface area contributed by atoms with E-state index in [9.17, 15) is 0 Å². The number of pyridine rings is 2. The van der Waals surface area contributed by atoms with Gasteiger partial charge in [-0.2, -0.15) is 10.2 Å². The highest BCUT2D eigenvalue weighted by Gasteiger charge is 2.11. The zero-order valence-corrected chi connectivity index (χ0v) is 35.7. The number of rotatable bonds is 10. The molecule has 17 heteroatoms. The number of nitrogens with zero attached hydrogens (tertiary/aromatic N) is 12. The number of fused-ring (bicyclic) bond motifs is 2. The fourth-order valence-corrected chi connectivity index (χ4v) is 6.75. The molecular weight excluding hydrogens is 828 g/mol. The van der Waals surface area contributed by atoms with E-state index in [0.717, 1.165) is 79.2 Å². The molecule has 0 unspecified atom stereocenters. The predicted octanol–water partition coefficient (Wildman–Crippen LogP) is 8.45. The van der Waals surface area contributed by atoms with E-state index in [2.05, 4.69) is 81.8 Å². The number of ether oxygens (including phenoxy) is 2. The molecule has 0 spiro atoms. The highest BCUT2D eigenvalue weighted by molar-refractivity contribution is 6.29. The minimum Gasteiger partial charge on any atom is -0.497 e. The van der Waals surface area contributed by atoms with E-state index in [4.69, 9.17) is 26.8 Å². The zero-order valence-electron chi connectivity index (χ0n) is 34.9. The minimum atomic E-state index is 0. The number of nitrogens with one attached hydrogen (secondary N) is 1. The molecule has 10 rings (SSSR count). The van der Waals surface area contributed by atoms with E-state index in [1.165, 1.54) is 11.9 Å². The summed E-state index contributed by atoms with van der Waals surface area (Å²) in [6.45, 7) is 1.25. The highest BCUT2D eigenvalue weighted by Crippen LogP contribution is 2.25. The van der Waals surface area contributed by atoms with Gasteiger partial charge >= 0.3 is 0 Å². The number of aryl methyl sites for hydroxylation is 2. The maximum atomic E-state index is 5.86. The molecule has 0 aliphatic heterocycles. The van der Waals surface area contributed by atoms with Crippen LogP contribution in [0.25, 0.3) is 56.3 Å². The first-order valence-electron chi connectivity index (χ1n) is 19.7. The maximum absolute atomic E-state index is 5.86. The molecule has 2 aromatic carbocycles. The van der Waals surface area contributed by atoms with Gasteiger partial charge in [0.2, 0.25) is 0 Å². The third-order valence-corrected chi connectivity index (χ3v) is 10.2. The Bertz CT molecular complexity index is 3080. The molecule has 0 amide bonds. The second-order valence-corrected chi connectivity index (χ2v) is 14.5. The Morgan fingerprint density at radius 1 is 0.578 bits per heavy atom. The Hall–Kier alpha value is -7.95. The van der Waals surface area contributed by atoms with E-state index in [1.54, 1.807) is 48.4 Å². The molecule has 0 bridgehead atoms. The Kier molecular flexibility index (Phi) is 14.0. The highest BCUT2D eigenvalue weighted by atomic mass is 35.5. The Balaban J connectivity index is 0.000000157. The molecule has 10 aromatic rings. The average molecular weight is 875 g/mol. The monoisotopic (exact) mass is 874 g/mol. The van der Waals surface area contributed by atoms with Crippen LogP contribution in [-0.4, -0.2) is 72.5 Å². The summed E-state index contributed by atoms with van der Waals surface area (Å²) < 4.78 is 17.9. The van der Waals surface area contributed by atoms with Crippen molar-refractivity contribution in [3.63, 3.8) is 0 Å². The van der Waals surface area contributed by atoms with Crippen molar-refractivity contribution in [3.05, 3.63) is 163 Å². The summed E-state index contributed by atoms with van der Waals surface area (Å²) in [6, 6.07) is 27.8. The first-order chi connectivity index (χ1) is 30.8. The molecule has 64 heavy (non-hydrogen) atoms. The molecule has 0 saturated heterocycles. The van der Waals surface area contributed by atoms with Gasteiger partial charge in [-0.25, -0.2) is 29.9 Å². The van der Waals surface area contributed by atoms with E-state index in [-0.39, 0.29) is 7.43 Å². The van der Waals surface area contributed by atoms with Crippen molar-refractivity contribution in [1.82, 2.24) is 58.3 Å². The molecule has 8 heterocycles. The molecule has 0 saturated carbocycles. The summed E-state index contributed by atoms with van der Waals surface area (Å²) in [7, 11) is 7.10. The normalized spacial score (nSPS) is 10.7. The van der Waals surface area contributed by atoms with Crippen molar-refractivity contribution in [2.45, 2.75) is 20.5 Å². The number of aromatic nitrogens is 12. The Morgan fingerprint density at radius 3 is 1.55 bits per heavy atom. The predicted molar refractivity (Wildman–Crippen MR) is 250 cm³/mol. The van der Waals surface area contributed by atoms with Crippen molar-refractivity contribution in [1.29, 1.82) is 0 Å². The first-order valence-corrected chi connectivity index (χ1v) is 20.1. The second kappa shape index (κ2) is 20.3. The van der Waals surface area contributed by atoms with Gasteiger partial charge in [-0.3, -0.25) is 18.2 Å². The van der Waals surface area contributed by atoms with Gasteiger partial charge in [0, 0.05) is 87.4 Å². The van der Waals surface area contributed by atoms with Crippen LogP contribution >= 0.6 is 11.6 Å². The molecule has 3 N–H and O–H groups in total. The van der Waals surface area contributed by atoms with Crippen LogP contribution in [0.4, 0.5) is 5.82 Å². The topological polar surface area (TPSA) is 178 Å². The van der Waals surface area contributed by atoms with Crippen LogP contribution in [0, 0.1) is 0 Å². The summed E-state index contributed by atoms with van der Waals surface area (Å²) in [5.74, 6) is 2.29. The van der Waals surface area contributed by atoms with Gasteiger partial charge in [0.15, 0.2) is 0 Å². The van der Waals surface area contributed by atoms with E-state index < -0.39 is 0 Å². The number of imidazole rings is 2. The number of nitrogens with two attached hydrogens (primary N) is 1. The standard InChI is InChI=1S/C23H21N7O.C12H9ClN4O.C11H13N3.CH4/c1-29-14-18(12-28-29)17-5-3-16(4-6-17)11-24-22-10-20(26-15-27-22)21-13-25-23-9-19(31-2)7-8-30(21)23;1-18-8-2-3-17-10(6-14-12(17)4-8)9-5-11(13)16-7-15-9;1-14-8-11(7-13-14)10-4-2-9(6-12)3-5-10;/h3-10,12-15H,11H2,1-2H3,(H,24,26,27);2-7H,1H3;2-5,7-8H,6,12H2,1H3;1H4. The maximum Gasteiger partial charge on any atom is 0.140 e. The molecule has 0 atom stereocenters. The molecule has 8 aromatic heterocycles. The van der Waals surface area contributed by atoms with Crippen LogP contribution in [0.2, 0.25) is 5.15 Å². The zero-order chi connectivity index (χ0) is 43.7. The summed E-state index contributed by atoms with van der Waals surface area (Å²) in [6.07, 6.45) is 18.1. The average Bonchev–Trinajstić information content (AvgIpc) is 4.16. The first kappa shape index (κ1) is 44.1. The van der Waals surface area contributed by atoms with Gasteiger partial charge in [-0.15, -0.1) is 0 Å². The number of hydrogen-bond donors (Lipinski definition) is 2. The third-order valence-electron chi connectivity index (χ3n) is 9.96.